The van der Waals surface area contributed by atoms with Gasteiger partial charge in [0.05, 0.1) is 38.3 Å². The zero-order chi connectivity index (χ0) is 20.1. The van der Waals surface area contributed by atoms with Crippen molar-refractivity contribution in [1.82, 2.24) is 14.9 Å². The molecule has 0 fully saturated rings. The highest BCUT2D eigenvalue weighted by atomic mass is 16.5. The molecule has 0 amide bonds. The Labute approximate surface area is 163 Å². The van der Waals surface area contributed by atoms with Crippen LogP contribution in [0.2, 0.25) is 0 Å². The number of fused-ring (bicyclic) bond motifs is 1. The summed E-state index contributed by atoms with van der Waals surface area (Å²) in [5, 5.41) is 0.468. The minimum Gasteiger partial charge on any atom is -0.494 e. The minimum atomic E-state index is -0.199. The molecular weight excluding hydrogens is 358 g/mol. The Morgan fingerprint density at radius 2 is 1.71 bits per heavy atom. The van der Waals surface area contributed by atoms with Crippen LogP contribution < -0.4 is 19.8 Å². The van der Waals surface area contributed by atoms with Crippen molar-refractivity contribution in [2.24, 2.45) is 0 Å². The molecule has 7 nitrogen and oxygen atoms in total. The van der Waals surface area contributed by atoms with E-state index in [1.807, 2.05) is 38.2 Å². The predicted octanol–water partition coefficient (Wildman–Crippen LogP) is 2.97. The number of nitrogens with zero attached hydrogens (tertiary/aromatic N) is 2. The molecule has 0 saturated carbocycles. The topological polar surface area (TPSA) is 76.7 Å². The Hall–Kier alpha value is -3.06. The van der Waals surface area contributed by atoms with Crippen LogP contribution in [0.1, 0.15) is 18.3 Å². The summed E-state index contributed by atoms with van der Waals surface area (Å²) >= 11 is 0. The van der Waals surface area contributed by atoms with Gasteiger partial charge in [-0.1, -0.05) is 12.1 Å². The van der Waals surface area contributed by atoms with E-state index in [1.54, 1.807) is 19.2 Å². The Balaban J connectivity index is 1.78. The Morgan fingerprint density at radius 1 is 1.04 bits per heavy atom. The molecule has 0 radical (unpaired) electrons. The molecular formula is C21H25N3O4. The number of nitrogens with one attached hydrogen (secondary N) is 1. The third-order valence-corrected chi connectivity index (χ3v) is 4.37. The van der Waals surface area contributed by atoms with Crippen LogP contribution in [0.25, 0.3) is 10.9 Å². The van der Waals surface area contributed by atoms with E-state index in [9.17, 15) is 4.79 Å². The van der Waals surface area contributed by atoms with Gasteiger partial charge >= 0.3 is 0 Å². The van der Waals surface area contributed by atoms with Gasteiger partial charge in [0.1, 0.15) is 11.6 Å². The maximum atomic E-state index is 12.5. The first-order valence-corrected chi connectivity index (χ1v) is 9.09. The van der Waals surface area contributed by atoms with Crippen molar-refractivity contribution in [2.45, 2.75) is 20.0 Å². The lowest BCUT2D eigenvalue weighted by Crippen LogP contribution is -2.22. The first kappa shape index (κ1) is 19.7. The third-order valence-electron chi connectivity index (χ3n) is 4.37. The second-order valence-corrected chi connectivity index (χ2v) is 6.49. The van der Waals surface area contributed by atoms with Crippen molar-refractivity contribution >= 4 is 10.9 Å². The lowest BCUT2D eigenvalue weighted by molar-refractivity contribution is 0.310. The van der Waals surface area contributed by atoms with E-state index < -0.39 is 0 Å². The number of H-pyrrole nitrogens is 1. The van der Waals surface area contributed by atoms with E-state index in [4.69, 9.17) is 14.2 Å². The molecule has 0 spiro atoms. The number of hydrogen-bond acceptors (Lipinski definition) is 6. The molecule has 2 aromatic carbocycles. The van der Waals surface area contributed by atoms with E-state index >= 15 is 0 Å². The van der Waals surface area contributed by atoms with Gasteiger partial charge in [-0.15, -0.1) is 0 Å². The average Bonchev–Trinajstić information content (AvgIpc) is 2.68. The smallest absolute Gasteiger partial charge is 0.258 e. The quantitative estimate of drug-likeness (QED) is 0.644. The summed E-state index contributed by atoms with van der Waals surface area (Å²) in [6.45, 7) is 3.84. The van der Waals surface area contributed by atoms with Crippen molar-refractivity contribution in [3.8, 4) is 17.2 Å². The Bertz CT molecular complexity index is 999. The fraction of sp³-hybridized carbons (Fsp3) is 0.333. The Morgan fingerprint density at radius 3 is 2.36 bits per heavy atom. The highest BCUT2D eigenvalue weighted by molar-refractivity contribution is 5.81. The molecule has 3 aromatic rings. The third kappa shape index (κ3) is 4.43. The summed E-state index contributed by atoms with van der Waals surface area (Å²) in [5.74, 6) is 2.50. The second-order valence-electron chi connectivity index (χ2n) is 6.49. The molecule has 0 saturated heterocycles. The summed E-state index contributed by atoms with van der Waals surface area (Å²) in [6.07, 6.45) is 0. The molecule has 1 heterocycles. The van der Waals surface area contributed by atoms with Crippen LogP contribution in [0, 0.1) is 0 Å². The van der Waals surface area contributed by atoms with E-state index in [2.05, 4.69) is 14.9 Å². The van der Waals surface area contributed by atoms with Crippen LogP contribution in [0.15, 0.2) is 41.2 Å². The second kappa shape index (κ2) is 8.75. The molecule has 0 unspecified atom stereocenters. The van der Waals surface area contributed by atoms with Crippen LogP contribution in [-0.4, -0.2) is 42.7 Å². The zero-order valence-electron chi connectivity index (χ0n) is 16.6. The zero-order valence-corrected chi connectivity index (χ0v) is 16.6. The molecule has 0 atom stereocenters. The van der Waals surface area contributed by atoms with Gasteiger partial charge in [-0.3, -0.25) is 9.69 Å². The van der Waals surface area contributed by atoms with Gasteiger partial charge in [-0.2, -0.15) is 0 Å². The van der Waals surface area contributed by atoms with Crippen LogP contribution in [0.4, 0.5) is 0 Å². The van der Waals surface area contributed by atoms with Gasteiger partial charge < -0.3 is 19.2 Å². The van der Waals surface area contributed by atoms with E-state index in [0.717, 1.165) is 17.9 Å². The molecule has 0 aliphatic heterocycles. The number of benzene rings is 2. The van der Waals surface area contributed by atoms with Crippen molar-refractivity contribution in [3.05, 3.63) is 58.1 Å². The number of aromatic nitrogens is 2. The lowest BCUT2D eigenvalue weighted by Gasteiger charge is -2.17. The van der Waals surface area contributed by atoms with Gasteiger partial charge in [0, 0.05) is 12.6 Å². The number of methoxy groups -OCH3 is 2. The summed E-state index contributed by atoms with van der Waals surface area (Å²) in [6, 6.07) is 11.4. The maximum Gasteiger partial charge on any atom is 0.258 e. The Kier molecular flexibility index (Phi) is 6.16. The molecule has 3 rings (SSSR count). The average molecular weight is 383 g/mol. The minimum absolute atomic E-state index is 0.199. The first-order chi connectivity index (χ1) is 13.5. The fourth-order valence-electron chi connectivity index (χ4n) is 3.07. The molecule has 148 valence electrons. The van der Waals surface area contributed by atoms with Crippen molar-refractivity contribution in [1.29, 1.82) is 0 Å². The summed E-state index contributed by atoms with van der Waals surface area (Å²) in [5.41, 5.74) is 1.53. The van der Waals surface area contributed by atoms with Crippen molar-refractivity contribution < 1.29 is 14.2 Å². The monoisotopic (exact) mass is 383 g/mol. The SMILES string of the molecule is CCOc1ccc(CN(C)Cc2nc3cc(OC)c(OC)cc3c(=O)[nH]2)cc1. The largest absolute Gasteiger partial charge is 0.494 e. The molecule has 1 aromatic heterocycles. The van der Waals surface area contributed by atoms with Crippen molar-refractivity contribution in [2.75, 3.05) is 27.9 Å². The van der Waals surface area contributed by atoms with E-state index in [-0.39, 0.29) is 5.56 Å². The number of ether oxygens (including phenoxy) is 3. The molecule has 7 heteroatoms. The van der Waals surface area contributed by atoms with Crippen LogP contribution >= 0.6 is 0 Å². The molecule has 1 N–H and O–H groups in total. The van der Waals surface area contributed by atoms with Crippen LogP contribution in [0.5, 0.6) is 17.2 Å². The summed E-state index contributed by atoms with van der Waals surface area (Å²) in [7, 11) is 5.08. The maximum absolute atomic E-state index is 12.5. The number of aromatic amines is 1. The van der Waals surface area contributed by atoms with Gasteiger partial charge in [0.25, 0.3) is 5.56 Å². The molecule has 0 aliphatic rings. The fourth-order valence-corrected chi connectivity index (χ4v) is 3.07. The van der Waals surface area contributed by atoms with E-state index in [0.29, 0.717) is 41.4 Å². The molecule has 28 heavy (non-hydrogen) atoms. The van der Waals surface area contributed by atoms with Crippen LogP contribution in [0.3, 0.4) is 0 Å². The number of rotatable bonds is 8. The summed E-state index contributed by atoms with van der Waals surface area (Å²) < 4.78 is 16.0. The summed E-state index contributed by atoms with van der Waals surface area (Å²) in [4.78, 5) is 22.0. The van der Waals surface area contributed by atoms with Gasteiger partial charge in [-0.25, -0.2) is 4.98 Å². The van der Waals surface area contributed by atoms with Crippen molar-refractivity contribution in [3.63, 3.8) is 0 Å². The molecule has 0 bridgehead atoms. The van der Waals surface area contributed by atoms with E-state index in [1.165, 1.54) is 7.11 Å². The van der Waals surface area contributed by atoms with Gasteiger partial charge in [-0.05, 0) is 37.7 Å². The van der Waals surface area contributed by atoms with Crippen LogP contribution in [-0.2, 0) is 13.1 Å². The van der Waals surface area contributed by atoms with Gasteiger partial charge in [0.2, 0.25) is 0 Å². The highest BCUT2D eigenvalue weighted by Crippen LogP contribution is 2.29. The first-order valence-electron chi connectivity index (χ1n) is 9.09. The number of hydrogen-bond donors (Lipinski definition) is 1. The normalized spacial score (nSPS) is 11.0. The predicted molar refractivity (Wildman–Crippen MR) is 108 cm³/mol. The van der Waals surface area contributed by atoms with Gasteiger partial charge in [0.15, 0.2) is 11.5 Å². The molecule has 0 aliphatic carbocycles. The lowest BCUT2D eigenvalue weighted by atomic mass is 10.2. The standard InChI is InChI=1S/C21H25N3O4/c1-5-28-15-8-6-14(7-9-15)12-24(2)13-20-22-17-11-19(27-4)18(26-3)10-16(17)21(25)23-20/h6-11H,5,12-13H2,1-4H3,(H,22,23,25). The highest BCUT2D eigenvalue weighted by Gasteiger charge is 2.12.